The third-order valence-electron chi connectivity index (χ3n) is 2.79. The van der Waals surface area contributed by atoms with Gasteiger partial charge in [-0.1, -0.05) is 18.2 Å². The molecule has 0 saturated heterocycles. The Hall–Kier alpha value is -2.57. The molecule has 3 amide bonds. The van der Waals surface area contributed by atoms with Gasteiger partial charge in [0.15, 0.2) is 0 Å². The molecule has 0 fully saturated rings. The molecule has 0 atom stereocenters. The number of amides is 3. The monoisotopic (exact) mass is 335 g/mol. The predicted octanol–water partition coefficient (Wildman–Crippen LogP) is 1.45. The molecule has 132 valence electrons. The van der Waals surface area contributed by atoms with Crippen LogP contribution in [-0.4, -0.2) is 43.1 Å². The molecular weight excluding hydrogens is 310 g/mol. The second-order valence-electron chi connectivity index (χ2n) is 6.15. The molecule has 1 aromatic carbocycles. The molecule has 0 aliphatic rings. The normalized spacial score (nSPS) is 10.6. The lowest BCUT2D eigenvalue weighted by Crippen LogP contribution is -2.37. The van der Waals surface area contributed by atoms with Crippen molar-refractivity contribution in [2.24, 2.45) is 0 Å². The maximum atomic E-state index is 11.8. The van der Waals surface area contributed by atoms with Crippen molar-refractivity contribution < 1.29 is 19.1 Å². The van der Waals surface area contributed by atoms with Crippen LogP contribution >= 0.6 is 0 Å². The molecule has 0 unspecified atom stereocenters. The summed E-state index contributed by atoms with van der Waals surface area (Å²) in [5, 5.41) is 7.89. The highest BCUT2D eigenvalue weighted by molar-refractivity contribution is 5.94. The van der Waals surface area contributed by atoms with E-state index in [2.05, 4.69) is 16.0 Å². The van der Waals surface area contributed by atoms with Gasteiger partial charge in [-0.25, -0.2) is 4.79 Å². The second-order valence-corrected chi connectivity index (χ2v) is 6.15. The minimum atomic E-state index is -0.566. The molecule has 0 aliphatic heterocycles. The Morgan fingerprint density at radius 2 is 1.54 bits per heavy atom. The summed E-state index contributed by atoms with van der Waals surface area (Å²) in [5.41, 5.74) is 0.00826. The summed E-state index contributed by atoms with van der Waals surface area (Å²) in [5.74, 6) is -0.392. The van der Waals surface area contributed by atoms with Crippen LogP contribution in [-0.2, 0) is 9.53 Å². The first-order valence-corrected chi connectivity index (χ1v) is 7.85. The Labute approximate surface area is 142 Å². The van der Waals surface area contributed by atoms with Crippen molar-refractivity contribution in [2.75, 3.05) is 19.6 Å². The number of rotatable bonds is 7. The van der Waals surface area contributed by atoms with Gasteiger partial charge in [-0.3, -0.25) is 9.59 Å². The molecule has 0 radical (unpaired) electrons. The number of ether oxygens (including phenoxy) is 1. The maximum Gasteiger partial charge on any atom is 0.407 e. The fourth-order valence-electron chi connectivity index (χ4n) is 1.75. The Morgan fingerprint density at radius 3 is 2.17 bits per heavy atom. The zero-order valence-corrected chi connectivity index (χ0v) is 14.3. The maximum absolute atomic E-state index is 11.8. The lowest BCUT2D eigenvalue weighted by Gasteiger charge is -2.19. The van der Waals surface area contributed by atoms with Crippen molar-refractivity contribution in [3.8, 4) is 0 Å². The van der Waals surface area contributed by atoms with Crippen molar-refractivity contribution in [2.45, 2.75) is 32.8 Å². The molecule has 0 aromatic heterocycles. The zero-order chi connectivity index (χ0) is 18.0. The number of benzene rings is 1. The molecule has 7 heteroatoms. The molecule has 0 heterocycles. The molecule has 0 aliphatic carbocycles. The highest BCUT2D eigenvalue weighted by Gasteiger charge is 2.15. The van der Waals surface area contributed by atoms with Gasteiger partial charge < -0.3 is 20.7 Å². The molecule has 24 heavy (non-hydrogen) atoms. The van der Waals surface area contributed by atoms with Crippen LogP contribution in [0.2, 0.25) is 0 Å². The second kappa shape index (κ2) is 9.54. The highest BCUT2D eigenvalue weighted by atomic mass is 16.6. The molecular formula is C17H25N3O4. The van der Waals surface area contributed by atoms with Crippen LogP contribution in [0.25, 0.3) is 0 Å². The van der Waals surface area contributed by atoms with Crippen molar-refractivity contribution in [1.82, 2.24) is 16.0 Å². The molecule has 1 aromatic rings. The van der Waals surface area contributed by atoms with Gasteiger partial charge in [-0.15, -0.1) is 0 Å². The van der Waals surface area contributed by atoms with Crippen molar-refractivity contribution in [3.63, 3.8) is 0 Å². The van der Waals surface area contributed by atoms with Crippen LogP contribution in [0.5, 0.6) is 0 Å². The van der Waals surface area contributed by atoms with Gasteiger partial charge in [0.25, 0.3) is 5.91 Å². The Balaban J connectivity index is 2.10. The van der Waals surface area contributed by atoms with Gasteiger partial charge in [0.2, 0.25) is 5.91 Å². The van der Waals surface area contributed by atoms with E-state index < -0.39 is 11.7 Å². The van der Waals surface area contributed by atoms with Gasteiger partial charge in [0.1, 0.15) is 5.60 Å². The van der Waals surface area contributed by atoms with Crippen molar-refractivity contribution >= 4 is 17.9 Å². The first-order chi connectivity index (χ1) is 11.3. The van der Waals surface area contributed by atoms with Gasteiger partial charge in [-0.2, -0.15) is 0 Å². The Kier molecular flexibility index (Phi) is 7.74. The standard InChI is InChI=1S/C17H25N3O4/c1-17(2,3)24-16(23)20-10-9-14(21)18-11-12-19-15(22)13-7-5-4-6-8-13/h4-8H,9-12H2,1-3H3,(H,18,21)(H,19,22)(H,20,23). The quantitative estimate of drug-likeness (QED) is 0.657. The number of carbonyl (C=O) groups is 3. The lowest BCUT2D eigenvalue weighted by atomic mass is 10.2. The third-order valence-corrected chi connectivity index (χ3v) is 2.79. The van der Waals surface area contributed by atoms with Crippen molar-refractivity contribution in [1.29, 1.82) is 0 Å². The zero-order valence-electron chi connectivity index (χ0n) is 14.3. The summed E-state index contributed by atoms with van der Waals surface area (Å²) in [6.45, 7) is 6.15. The van der Waals surface area contributed by atoms with E-state index in [0.29, 0.717) is 18.7 Å². The summed E-state index contributed by atoms with van der Waals surface area (Å²) in [4.78, 5) is 34.8. The fraction of sp³-hybridized carbons (Fsp3) is 0.471. The number of alkyl carbamates (subject to hydrolysis) is 1. The Morgan fingerprint density at radius 1 is 0.917 bits per heavy atom. The summed E-state index contributed by atoms with van der Waals surface area (Å²) < 4.78 is 5.06. The summed E-state index contributed by atoms with van der Waals surface area (Å²) in [6, 6.07) is 8.84. The SMILES string of the molecule is CC(C)(C)OC(=O)NCCC(=O)NCCNC(=O)c1ccccc1. The summed E-state index contributed by atoms with van der Waals surface area (Å²) in [7, 11) is 0. The summed E-state index contributed by atoms with van der Waals surface area (Å²) in [6.07, 6.45) is -0.406. The van der Waals surface area contributed by atoms with E-state index in [-0.39, 0.29) is 24.8 Å². The lowest BCUT2D eigenvalue weighted by molar-refractivity contribution is -0.120. The van der Waals surface area contributed by atoms with E-state index in [1.54, 1.807) is 45.0 Å². The predicted molar refractivity (Wildman–Crippen MR) is 90.6 cm³/mol. The molecule has 7 nitrogen and oxygen atoms in total. The number of hydrogen-bond donors (Lipinski definition) is 3. The molecule has 0 spiro atoms. The number of nitrogens with one attached hydrogen (secondary N) is 3. The first-order valence-electron chi connectivity index (χ1n) is 7.85. The van der Waals surface area contributed by atoms with E-state index in [1.165, 1.54) is 0 Å². The van der Waals surface area contributed by atoms with Crippen molar-refractivity contribution in [3.05, 3.63) is 35.9 Å². The van der Waals surface area contributed by atoms with E-state index in [1.807, 2.05) is 6.07 Å². The van der Waals surface area contributed by atoms with E-state index in [4.69, 9.17) is 4.74 Å². The molecule has 0 saturated carbocycles. The van der Waals surface area contributed by atoms with E-state index in [9.17, 15) is 14.4 Å². The topological polar surface area (TPSA) is 96.5 Å². The third kappa shape index (κ3) is 8.77. The van der Waals surface area contributed by atoms with Crippen LogP contribution in [0, 0.1) is 0 Å². The highest BCUT2D eigenvalue weighted by Crippen LogP contribution is 2.06. The van der Waals surface area contributed by atoms with Crippen LogP contribution in [0.4, 0.5) is 4.79 Å². The van der Waals surface area contributed by atoms with Crippen LogP contribution in [0.3, 0.4) is 0 Å². The first kappa shape index (κ1) is 19.5. The number of carbonyl (C=O) groups excluding carboxylic acids is 3. The Bertz CT molecular complexity index is 553. The largest absolute Gasteiger partial charge is 0.444 e. The smallest absolute Gasteiger partial charge is 0.407 e. The van der Waals surface area contributed by atoms with Gasteiger partial charge in [0.05, 0.1) is 0 Å². The van der Waals surface area contributed by atoms with Crippen LogP contribution in [0.1, 0.15) is 37.6 Å². The average Bonchev–Trinajstić information content (AvgIpc) is 2.50. The van der Waals surface area contributed by atoms with E-state index in [0.717, 1.165) is 0 Å². The molecule has 0 bridgehead atoms. The number of hydrogen-bond acceptors (Lipinski definition) is 4. The van der Waals surface area contributed by atoms with E-state index >= 15 is 0 Å². The molecule has 3 N–H and O–H groups in total. The fourth-order valence-corrected chi connectivity index (χ4v) is 1.75. The van der Waals surface area contributed by atoms with Gasteiger partial charge in [-0.05, 0) is 32.9 Å². The summed E-state index contributed by atoms with van der Waals surface area (Å²) >= 11 is 0. The van der Waals surface area contributed by atoms with Crippen LogP contribution < -0.4 is 16.0 Å². The minimum absolute atomic E-state index is 0.145. The van der Waals surface area contributed by atoms with Crippen LogP contribution in [0.15, 0.2) is 30.3 Å². The average molecular weight is 335 g/mol. The van der Waals surface area contributed by atoms with Gasteiger partial charge >= 0.3 is 6.09 Å². The minimum Gasteiger partial charge on any atom is -0.444 e. The molecule has 1 rings (SSSR count). The van der Waals surface area contributed by atoms with Gasteiger partial charge in [0, 0.05) is 31.6 Å².